The van der Waals surface area contributed by atoms with Crippen LogP contribution in [0, 0.1) is 10.1 Å². The Morgan fingerprint density at radius 1 is 1.08 bits per heavy atom. The number of halogens is 4. The minimum atomic E-state index is -0.508. The van der Waals surface area contributed by atoms with Gasteiger partial charge in [-0.25, -0.2) is 0 Å². The van der Waals surface area contributed by atoms with Gasteiger partial charge < -0.3 is 10.8 Å². The Morgan fingerprint density at radius 3 is 1.84 bits per heavy atom. The molecule has 2 aromatic rings. The zero-order valence-corrected chi connectivity index (χ0v) is 23.3. The molecule has 139 valence electrons. The number of aryl methyl sites for hydroxylation is 1. The summed E-state index contributed by atoms with van der Waals surface area (Å²) >= 11 is 8.98. The monoisotopic (exact) mass is 833 g/mol. The van der Waals surface area contributed by atoms with Crippen LogP contribution in [-0.2, 0) is 22.5 Å². The summed E-state index contributed by atoms with van der Waals surface area (Å²) in [6, 6.07) is 14.1. The molecule has 0 spiro atoms. The minimum absolute atomic E-state index is 0.0324. The number of para-hydroxylation sites is 2. The number of nitrogens with two attached hydrogens (primary N) is 1. The van der Waals surface area contributed by atoms with E-state index in [1.807, 2.05) is 18.2 Å². The first kappa shape index (κ1) is 28.3. The number of rotatable bonds is 3. The first-order valence-corrected chi connectivity index (χ1v) is 22.0. The number of anilines is 1. The van der Waals surface area contributed by atoms with Crippen molar-refractivity contribution in [1.29, 1.82) is 0 Å². The molecule has 0 atom stereocenters. The van der Waals surface area contributed by atoms with Gasteiger partial charge in [0.05, 0.1) is 17.1 Å². The molecule has 3 N–H and O–H groups in total. The normalized spacial score (nSPS) is 8.40. The quantitative estimate of drug-likeness (QED) is 0.161. The molecule has 2 rings (SSSR count). The van der Waals surface area contributed by atoms with E-state index >= 15 is 0 Å². The molecule has 2 aromatic carbocycles. The molecular formula is C15H18I4N2O3V. The molecule has 0 aliphatic rings. The Kier molecular flexibility index (Phi) is 22.5. The van der Waals surface area contributed by atoms with Gasteiger partial charge in [0.25, 0.3) is 5.69 Å². The van der Waals surface area contributed by atoms with Gasteiger partial charge in [0, 0.05) is 49.0 Å². The molecule has 10 heteroatoms. The van der Waals surface area contributed by atoms with Crippen LogP contribution in [0.25, 0.3) is 0 Å². The summed E-state index contributed by atoms with van der Waals surface area (Å²) in [5.74, 6) is 0. The number of nitro groups is 1. The first-order valence-electron chi connectivity index (χ1n) is 6.74. The van der Waals surface area contributed by atoms with E-state index in [9.17, 15) is 10.1 Å². The van der Waals surface area contributed by atoms with E-state index < -0.39 is 4.92 Å². The van der Waals surface area contributed by atoms with Crippen LogP contribution in [0.5, 0.6) is 0 Å². The van der Waals surface area contributed by atoms with E-state index in [-0.39, 0.29) is 12.3 Å². The van der Waals surface area contributed by atoms with Crippen LogP contribution in [0.3, 0.4) is 0 Å². The van der Waals surface area contributed by atoms with Crippen molar-refractivity contribution in [3.8, 4) is 0 Å². The molecule has 5 nitrogen and oxygen atoms in total. The maximum atomic E-state index is 10.3. The van der Waals surface area contributed by atoms with E-state index in [2.05, 4.69) is 90.2 Å². The van der Waals surface area contributed by atoms with Crippen molar-refractivity contribution in [1.82, 2.24) is 0 Å². The molecular weight excluding hydrogens is 815 g/mol. The molecule has 0 fully saturated rings. The summed E-state index contributed by atoms with van der Waals surface area (Å²) < 4.78 is 0. The molecule has 0 heterocycles. The Morgan fingerprint density at radius 2 is 1.52 bits per heavy atom. The van der Waals surface area contributed by atoms with Crippen molar-refractivity contribution < 1.29 is 19.5 Å². The van der Waals surface area contributed by atoms with Crippen molar-refractivity contribution in [3.05, 3.63) is 69.8 Å². The average molecular weight is 833 g/mol. The van der Waals surface area contributed by atoms with Crippen LogP contribution in [0.2, 0.25) is 0 Å². The van der Waals surface area contributed by atoms with Crippen molar-refractivity contribution in [2.45, 2.75) is 20.0 Å². The van der Waals surface area contributed by atoms with E-state index in [0.717, 1.165) is 12.1 Å². The predicted molar refractivity (Wildman–Crippen MR) is 135 cm³/mol. The molecule has 0 aliphatic carbocycles. The Balaban J connectivity index is 0. The van der Waals surface area contributed by atoms with Crippen LogP contribution in [0.15, 0.2) is 48.5 Å². The van der Waals surface area contributed by atoms with Gasteiger partial charge in [-0.1, -0.05) is 37.3 Å². The fourth-order valence-electron chi connectivity index (χ4n) is 1.68. The Labute approximate surface area is 200 Å². The second-order valence-corrected chi connectivity index (χ2v) is 16.0. The maximum absolute atomic E-state index is 10.3. The summed E-state index contributed by atoms with van der Waals surface area (Å²) in [5.41, 5.74) is 8.08. The van der Waals surface area contributed by atoms with Crippen molar-refractivity contribution in [2.24, 2.45) is 0 Å². The number of hydrogen-bond donors (Lipinski definition) is 2. The van der Waals surface area contributed by atoms with E-state index in [0.29, 0.717) is 15.0 Å². The summed E-state index contributed by atoms with van der Waals surface area (Å²) in [6.45, 7) is 1.81. The predicted octanol–water partition coefficient (Wildman–Crippen LogP) is 6.46. The fraction of sp³-hybridized carbons (Fsp3) is 0.200. The topological polar surface area (TPSA) is 89.4 Å². The van der Waals surface area contributed by atoms with E-state index in [1.165, 1.54) is 17.7 Å². The second kappa shape index (κ2) is 19.9. The number of aliphatic hydroxyl groups excluding tert-OH is 1. The molecule has 0 amide bonds. The van der Waals surface area contributed by atoms with Gasteiger partial charge in [-0.15, -0.1) is 0 Å². The van der Waals surface area contributed by atoms with Crippen molar-refractivity contribution in [3.63, 3.8) is 0 Å². The molecule has 0 saturated heterocycles. The van der Waals surface area contributed by atoms with Gasteiger partial charge in [0.15, 0.2) is 0 Å². The summed E-state index contributed by atoms with van der Waals surface area (Å²) in [7, 11) is 0.628. The van der Waals surface area contributed by atoms with Crippen LogP contribution in [0.1, 0.15) is 18.1 Å². The molecule has 0 radical (unpaired) electrons. The van der Waals surface area contributed by atoms with Gasteiger partial charge in [0.1, 0.15) is 0 Å². The standard InChI is InChI=1S/C8H11N.C7H7NO3.I2.2HI.V/c1-2-7-5-3-4-6-8(7)9;9-5-6-3-1-2-4-7(6)8(10)11;1-2;;;/h3-6H,2,9H2,1H3;1-4,9H,5H2;;2*1H;/q;;;;;+2/p-2. The molecule has 0 bridgehead atoms. The molecule has 0 unspecified atom stereocenters. The average Bonchev–Trinajstić information content (AvgIpc) is 2.65. The van der Waals surface area contributed by atoms with Gasteiger partial charge in [0.2, 0.25) is 0 Å². The fourth-order valence-corrected chi connectivity index (χ4v) is 1.68. The second-order valence-electron chi connectivity index (χ2n) is 4.16. The van der Waals surface area contributed by atoms with E-state index in [4.69, 9.17) is 10.8 Å². The number of aliphatic hydroxyl groups is 1. The van der Waals surface area contributed by atoms with Crippen LogP contribution < -0.4 is 5.73 Å². The first-order chi connectivity index (χ1) is 12.0. The van der Waals surface area contributed by atoms with Crippen LogP contribution in [-0.4, -0.2) is 10.0 Å². The van der Waals surface area contributed by atoms with Gasteiger partial charge in [-0.05, 0) is 24.1 Å². The molecule has 0 aromatic heterocycles. The molecule has 0 aliphatic heterocycles. The number of hydrogen-bond acceptors (Lipinski definition) is 4. The zero-order chi connectivity index (χ0) is 19.7. The Bertz CT molecular complexity index is 606. The zero-order valence-electron chi connectivity index (χ0n) is 13.3. The number of nitrogen functional groups attached to an aromatic ring is 1. The summed E-state index contributed by atoms with van der Waals surface area (Å²) in [4.78, 5) is 9.77. The summed E-state index contributed by atoms with van der Waals surface area (Å²) in [6.07, 6.45) is 1.02. The third-order valence-corrected chi connectivity index (χ3v) is 2.79. The SMILES string of the molecule is CCc1ccccc1N.II.O=[N+]([O-])c1ccccc1CO.[I][V][I]. The number of nitrogens with zero attached hydrogens (tertiary/aromatic N) is 1. The van der Waals surface area contributed by atoms with Gasteiger partial charge in [-0.2, -0.15) is 0 Å². The number of nitro benzene ring substituents is 1. The van der Waals surface area contributed by atoms with Crippen LogP contribution >= 0.6 is 77.2 Å². The third kappa shape index (κ3) is 13.9. The van der Waals surface area contributed by atoms with Gasteiger partial charge in [-0.3, -0.25) is 10.1 Å². The van der Waals surface area contributed by atoms with Crippen molar-refractivity contribution in [2.75, 3.05) is 5.73 Å². The van der Waals surface area contributed by atoms with Gasteiger partial charge >= 0.3 is 49.4 Å². The molecule has 25 heavy (non-hydrogen) atoms. The third-order valence-electron chi connectivity index (χ3n) is 2.79. The molecule has 0 saturated carbocycles. The number of benzene rings is 2. The Hall–Kier alpha value is 1.10. The van der Waals surface area contributed by atoms with Crippen molar-refractivity contribution >= 4 is 88.6 Å². The van der Waals surface area contributed by atoms with E-state index in [1.54, 1.807) is 12.1 Å². The summed E-state index contributed by atoms with van der Waals surface area (Å²) in [5, 5.41) is 18.9. The van der Waals surface area contributed by atoms with Crippen LogP contribution in [0.4, 0.5) is 11.4 Å².